The zero-order valence-corrected chi connectivity index (χ0v) is 10.6. The number of ether oxygens (including phenoxy) is 1. The first-order valence-corrected chi connectivity index (χ1v) is 5.88. The quantitative estimate of drug-likeness (QED) is 0.777. The van der Waals surface area contributed by atoms with Crippen molar-refractivity contribution in [1.29, 1.82) is 0 Å². The van der Waals surface area contributed by atoms with E-state index in [2.05, 4.69) is 5.32 Å². The number of hydrogen-bond donors (Lipinski definition) is 2. The van der Waals surface area contributed by atoms with E-state index in [4.69, 9.17) is 10.5 Å². The summed E-state index contributed by atoms with van der Waals surface area (Å²) < 4.78 is 4.99. The molecule has 0 heterocycles. The molecule has 98 valence electrons. The summed E-state index contributed by atoms with van der Waals surface area (Å²) in [6.07, 6.45) is 0.786. The van der Waals surface area contributed by atoms with Crippen LogP contribution in [0.3, 0.4) is 0 Å². The normalized spacial score (nSPS) is 11.7. The molecule has 0 saturated carbocycles. The number of nitrogens with one attached hydrogen (secondary N) is 1. The monoisotopic (exact) mass is 250 g/mol. The van der Waals surface area contributed by atoms with Crippen molar-refractivity contribution in [3.63, 3.8) is 0 Å². The van der Waals surface area contributed by atoms with Crippen molar-refractivity contribution in [2.24, 2.45) is 5.73 Å². The van der Waals surface area contributed by atoms with E-state index >= 15 is 0 Å². The van der Waals surface area contributed by atoms with E-state index < -0.39 is 6.04 Å². The predicted octanol–water partition coefficient (Wildman–Crippen LogP) is 1.54. The van der Waals surface area contributed by atoms with Gasteiger partial charge in [0.1, 0.15) is 0 Å². The lowest BCUT2D eigenvalue weighted by molar-refractivity contribution is -0.117. The van der Waals surface area contributed by atoms with Crippen LogP contribution >= 0.6 is 0 Å². The van der Waals surface area contributed by atoms with Crippen LogP contribution < -0.4 is 11.1 Å². The maximum atomic E-state index is 11.5. The van der Waals surface area contributed by atoms with Gasteiger partial charge in [-0.15, -0.1) is 0 Å². The molecular weight excluding hydrogens is 232 g/mol. The Labute approximate surface area is 106 Å². The molecule has 3 N–H and O–H groups in total. The highest BCUT2D eigenvalue weighted by Crippen LogP contribution is 2.10. The summed E-state index contributed by atoms with van der Waals surface area (Å²) >= 11 is 0. The maximum absolute atomic E-state index is 11.5. The van der Waals surface area contributed by atoms with Gasteiger partial charge in [0.2, 0.25) is 5.91 Å². The number of carbonyl (C=O) groups is 2. The lowest BCUT2D eigenvalue weighted by atomic mass is 10.2. The third-order valence-corrected chi connectivity index (χ3v) is 2.24. The highest BCUT2D eigenvalue weighted by atomic mass is 16.5. The molecule has 18 heavy (non-hydrogen) atoms. The largest absolute Gasteiger partial charge is 0.462 e. The smallest absolute Gasteiger partial charge is 0.338 e. The number of esters is 1. The topological polar surface area (TPSA) is 81.4 Å². The van der Waals surface area contributed by atoms with Gasteiger partial charge in [0.15, 0.2) is 0 Å². The van der Waals surface area contributed by atoms with Crippen LogP contribution in [0, 0.1) is 0 Å². The Bertz CT molecular complexity index is 413. The minimum absolute atomic E-state index is 0.267. The van der Waals surface area contributed by atoms with Crippen molar-refractivity contribution in [3.8, 4) is 0 Å². The molecule has 5 nitrogen and oxygen atoms in total. The van der Waals surface area contributed by atoms with Gasteiger partial charge in [-0.3, -0.25) is 4.79 Å². The number of carbonyl (C=O) groups excluding carboxylic acids is 2. The highest BCUT2D eigenvalue weighted by molar-refractivity contribution is 5.95. The second kappa shape index (κ2) is 6.76. The van der Waals surface area contributed by atoms with Crippen LogP contribution in [0.15, 0.2) is 24.3 Å². The number of rotatable bonds is 5. The van der Waals surface area contributed by atoms with Crippen LogP contribution in [-0.2, 0) is 9.53 Å². The number of nitrogens with two attached hydrogens (primary N) is 1. The number of benzene rings is 1. The Morgan fingerprint density at radius 3 is 2.44 bits per heavy atom. The number of anilines is 1. The molecule has 0 aliphatic carbocycles. The van der Waals surface area contributed by atoms with Gasteiger partial charge < -0.3 is 15.8 Å². The van der Waals surface area contributed by atoms with Crippen molar-refractivity contribution >= 4 is 17.6 Å². The molecular formula is C13H18N2O3. The fourth-order valence-corrected chi connectivity index (χ4v) is 1.22. The van der Waals surface area contributed by atoms with E-state index in [1.54, 1.807) is 31.2 Å². The van der Waals surface area contributed by atoms with Gasteiger partial charge in [0.05, 0.1) is 18.2 Å². The van der Waals surface area contributed by atoms with E-state index in [9.17, 15) is 9.59 Å². The van der Waals surface area contributed by atoms with Crippen molar-refractivity contribution in [2.45, 2.75) is 26.3 Å². The molecule has 0 fully saturated rings. The molecule has 1 amide bonds. The molecule has 0 bridgehead atoms. The zero-order valence-electron chi connectivity index (χ0n) is 10.6. The Morgan fingerprint density at radius 2 is 1.94 bits per heavy atom. The third-order valence-electron chi connectivity index (χ3n) is 2.24. The average molecular weight is 250 g/mol. The van der Waals surface area contributed by atoms with Gasteiger partial charge in [0, 0.05) is 5.69 Å². The van der Waals surface area contributed by atoms with Gasteiger partial charge in [-0.25, -0.2) is 4.79 Å². The molecule has 0 spiro atoms. The second-order valence-corrected chi connectivity index (χ2v) is 3.99. The first-order chi connectivity index (χ1) is 8.54. The Morgan fingerprint density at radius 1 is 1.33 bits per heavy atom. The summed E-state index contributed by atoms with van der Waals surface area (Å²) in [5, 5.41) is 2.63. The second-order valence-electron chi connectivity index (χ2n) is 3.99. The van der Waals surface area contributed by atoms with Crippen molar-refractivity contribution in [1.82, 2.24) is 0 Å². The van der Waals surface area contributed by atoms with Gasteiger partial charge in [-0.05, 0) is 37.6 Å². The van der Waals surface area contributed by atoms with Crippen molar-refractivity contribution in [3.05, 3.63) is 29.8 Å². The molecule has 0 aliphatic rings. The molecule has 0 aromatic heterocycles. The first kappa shape index (κ1) is 14.2. The molecule has 0 radical (unpaired) electrons. The molecule has 1 aromatic carbocycles. The van der Waals surface area contributed by atoms with Gasteiger partial charge >= 0.3 is 5.97 Å². The summed E-state index contributed by atoms with van der Waals surface area (Å²) in [6, 6.07) is 5.93. The molecule has 5 heteroatoms. The summed E-state index contributed by atoms with van der Waals surface area (Å²) in [6.45, 7) is 3.94. The summed E-state index contributed by atoms with van der Waals surface area (Å²) in [7, 11) is 0. The van der Waals surface area contributed by atoms with E-state index in [1.807, 2.05) is 6.92 Å². The SMILES string of the molecule is CCCOC(=O)c1ccc(NC(=O)C(C)N)cc1. The molecule has 1 aromatic rings. The average Bonchev–Trinajstić information content (AvgIpc) is 2.36. The van der Waals surface area contributed by atoms with Gasteiger partial charge in [0.25, 0.3) is 0 Å². The maximum Gasteiger partial charge on any atom is 0.338 e. The van der Waals surface area contributed by atoms with Gasteiger partial charge in [-0.2, -0.15) is 0 Å². The molecule has 0 aliphatic heterocycles. The minimum Gasteiger partial charge on any atom is -0.462 e. The van der Waals surface area contributed by atoms with E-state index in [1.165, 1.54) is 0 Å². The predicted molar refractivity (Wildman–Crippen MR) is 69.3 cm³/mol. The molecule has 1 atom stereocenters. The van der Waals surface area contributed by atoms with Crippen LogP contribution in [0.5, 0.6) is 0 Å². The molecule has 0 saturated heterocycles. The summed E-state index contributed by atoms with van der Waals surface area (Å²) in [5.41, 5.74) is 6.49. The van der Waals surface area contributed by atoms with Gasteiger partial charge in [-0.1, -0.05) is 6.92 Å². The van der Waals surface area contributed by atoms with Crippen LogP contribution in [0.4, 0.5) is 5.69 Å². The number of amides is 1. The molecule has 1 unspecified atom stereocenters. The highest BCUT2D eigenvalue weighted by Gasteiger charge is 2.09. The lowest BCUT2D eigenvalue weighted by Gasteiger charge is -2.08. The standard InChI is InChI=1S/C13H18N2O3/c1-3-8-18-13(17)10-4-6-11(7-5-10)15-12(16)9(2)14/h4-7,9H,3,8,14H2,1-2H3,(H,15,16). The van der Waals surface area contributed by atoms with Crippen molar-refractivity contribution in [2.75, 3.05) is 11.9 Å². The summed E-state index contributed by atoms with van der Waals surface area (Å²) in [5.74, 6) is -0.627. The van der Waals surface area contributed by atoms with E-state index in [0.29, 0.717) is 17.9 Å². The molecule has 1 rings (SSSR count). The Balaban J connectivity index is 2.62. The van der Waals surface area contributed by atoms with E-state index in [-0.39, 0.29) is 11.9 Å². The minimum atomic E-state index is -0.570. The van der Waals surface area contributed by atoms with Crippen LogP contribution in [0.2, 0.25) is 0 Å². The summed E-state index contributed by atoms with van der Waals surface area (Å²) in [4.78, 5) is 22.9. The third kappa shape index (κ3) is 4.18. The fraction of sp³-hybridized carbons (Fsp3) is 0.385. The van der Waals surface area contributed by atoms with Crippen LogP contribution in [0.1, 0.15) is 30.6 Å². The zero-order chi connectivity index (χ0) is 13.5. The van der Waals surface area contributed by atoms with E-state index in [0.717, 1.165) is 6.42 Å². The Hall–Kier alpha value is -1.88. The Kier molecular flexibility index (Phi) is 5.32. The number of hydrogen-bond acceptors (Lipinski definition) is 4. The van der Waals surface area contributed by atoms with Crippen molar-refractivity contribution < 1.29 is 14.3 Å². The van der Waals surface area contributed by atoms with Crippen LogP contribution in [-0.4, -0.2) is 24.5 Å². The fourth-order valence-electron chi connectivity index (χ4n) is 1.22. The lowest BCUT2D eigenvalue weighted by Crippen LogP contribution is -2.32. The first-order valence-electron chi connectivity index (χ1n) is 5.88. The van der Waals surface area contributed by atoms with Crippen LogP contribution in [0.25, 0.3) is 0 Å².